The summed E-state index contributed by atoms with van der Waals surface area (Å²) in [4.78, 5) is 47.2. The van der Waals surface area contributed by atoms with Gasteiger partial charge in [0.25, 0.3) is 11.8 Å². The van der Waals surface area contributed by atoms with E-state index in [1.54, 1.807) is 32.0 Å². The van der Waals surface area contributed by atoms with Gasteiger partial charge in [-0.2, -0.15) is 0 Å². The maximum absolute atomic E-state index is 14.6. The minimum Gasteiger partial charge on any atom is -0.480 e. The van der Waals surface area contributed by atoms with Gasteiger partial charge in [0.15, 0.2) is 29.4 Å². The fourth-order valence-electron chi connectivity index (χ4n) is 6.44. The Morgan fingerprint density at radius 1 is 0.823 bits per heavy atom. The van der Waals surface area contributed by atoms with E-state index < -0.39 is 74.1 Å². The van der Waals surface area contributed by atoms with Crippen LogP contribution >= 0.6 is 0 Å². The first-order chi connectivity index (χ1) is 28.9. The highest BCUT2D eigenvalue weighted by Crippen LogP contribution is 2.39. The maximum Gasteiger partial charge on any atom is 0.265 e. The minimum absolute atomic E-state index is 0.125. The Morgan fingerprint density at radius 2 is 1.44 bits per heavy atom. The number of rotatable bonds is 18. The fourth-order valence-corrected chi connectivity index (χ4v) is 6.90. The average molecular weight is 888 g/mol. The molecule has 3 aromatic carbocycles. The number of sulfonamides is 1. The predicted octanol–water partition coefficient (Wildman–Crippen LogP) is 8.27. The normalized spacial score (nSPS) is 14.6. The van der Waals surface area contributed by atoms with E-state index in [0.29, 0.717) is 30.1 Å². The Kier molecular flexibility index (Phi) is 15.7. The molecule has 1 atom stereocenters. The Labute approximate surface area is 360 Å². The fraction of sp³-hybridized carbons (Fsp3) is 0.422. The highest BCUT2D eigenvalue weighted by molar-refractivity contribution is 7.88. The van der Waals surface area contributed by atoms with Crippen LogP contribution in [0.4, 0.5) is 33.3 Å². The van der Waals surface area contributed by atoms with Gasteiger partial charge < -0.3 is 20.3 Å². The first-order valence-electron chi connectivity index (χ1n) is 20.2. The Hall–Kier alpha value is -5.42. The quantitative estimate of drug-likeness (QED) is 0.0505. The van der Waals surface area contributed by atoms with Crippen LogP contribution in [0.5, 0.6) is 5.75 Å². The van der Waals surface area contributed by atoms with Crippen molar-refractivity contribution in [3.8, 4) is 5.75 Å². The van der Waals surface area contributed by atoms with Crippen LogP contribution < -0.4 is 25.0 Å². The van der Waals surface area contributed by atoms with Crippen LogP contribution in [0.3, 0.4) is 0 Å². The Bertz CT molecular complexity index is 2420. The summed E-state index contributed by atoms with van der Waals surface area (Å²) >= 11 is 0. The number of anilines is 1. The van der Waals surface area contributed by atoms with Crippen LogP contribution in [0.2, 0.25) is 0 Å². The van der Waals surface area contributed by atoms with Crippen LogP contribution in [0.25, 0.3) is 0 Å². The van der Waals surface area contributed by atoms with Gasteiger partial charge in [0.1, 0.15) is 11.3 Å². The molecule has 0 bridgehead atoms. The van der Waals surface area contributed by atoms with E-state index >= 15 is 0 Å². The molecule has 0 saturated carbocycles. The zero-order chi connectivity index (χ0) is 46.5. The molecule has 17 heteroatoms. The number of ketones is 1. The van der Waals surface area contributed by atoms with E-state index in [1.807, 2.05) is 29.3 Å². The molecule has 0 heterocycles. The molecule has 0 aromatic heterocycles. The van der Waals surface area contributed by atoms with Crippen molar-refractivity contribution in [2.45, 2.75) is 98.5 Å². The zero-order valence-corrected chi connectivity index (χ0v) is 37.4. The summed E-state index contributed by atoms with van der Waals surface area (Å²) in [6.07, 6.45) is 3.73. The van der Waals surface area contributed by atoms with Gasteiger partial charge in [0, 0.05) is 37.0 Å². The number of likely N-dealkylation sites (N-methyl/N-ethyl adjacent to an activating group) is 1. The molecule has 2 amide bonds. The van der Waals surface area contributed by atoms with Crippen molar-refractivity contribution in [2.75, 3.05) is 30.8 Å². The summed E-state index contributed by atoms with van der Waals surface area (Å²) in [7, 11) is -3.42. The monoisotopic (exact) mass is 887 g/mol. The molecule has 3 N–H and O–H groups in total. The van der Waals surface area contributed by atoms with Gasteiger partial charge in [-0.15, -0.1) is 0 Å². The molecule has 1 aliphatic carbocycles. The summed E-state index contributed by atoms with van der Waals surface area (Å²) in [5.41, 5.74) is 0.452. The van der Waals surface area contributed by atoms with Gasteiger partial charge in [-0.05, 0) is 85.4 Å². The van der Waals surface area contributed by atoms with E-state index in [1.165, 1.54) is 0 Å². The number of hydrogen-bond donors (Lipinski definition) is 3. The number of nitrogens with zero attached hydrogens (tertiary/aromatic N) is 2. The van der Waals surface area contributed by atoms with Crippen LogP contribution in [0.15, 0.2) is 64.9 Å². The molecular formula is C45H54F5N5O6S. The lowest BCUT2D eigenvalue weighted by Crippen LogP contribution is -2.41. The number of ether oxygens (including phenoxy) is 1. The third-order valence-corrected chi connectivity index (χ3v) is 11.9. The molecule has 1 aliphatic rings. The number of hydrogen-bond acceptors (Lipinski definition) is 8. The number of amides is 2. The number of nitrogens with one attached hydrogen (secondary N) is 3. The third-order valence-electron chi connectivity index (χ3n) is 11.1. The third kappa shape index (κ3) is 11.3. The zero-order valence-electron chi connectivity index (χ0n) is 36.6. The molecular weight excluding hydrogens is 834 g/mol. The molecule has 336 valence electrons. The van der Waals surface area contributed by atoms with Gasteiger partial charge in [-0.3, -0.25) is 14.4 Å². The molecule has 0 radical (unpaired) electrons. The SMILES string of the molecule is CCC(Oc1ccc(C(C)(C)CC)cc1C(C)(C)CC)C(=O)NC1=CC(=O)C(NC(=O)c2c(F)c(F)c(F)c(F)c2F)=CC1=Nc1ccc(N(CC)CCNS(C)(=O)=O)cc1C. The second-order valence-corrected chi connectivity index (χ2v) is 18.1. The molecule has 0 fully saturated rings. The summed E-state index contributed by atoms with van der Waals surface area (Å²) < 4.78 is 103. The van der Waals surface area contributed by atoms with Crippen LogP contribution in [-0.4, -0.2) is 63.7 Å². The van der Waals surface area contributed by atoms with Gasteiger partial charge in [0.05, 0.1) is 29.0 Å². The number of allylic oxidation sites excluding steroid dienone is 2. The lowest BCUT2D eigenvalue weighted by molar-refractivity contribution is -0.127. The molecule has 1 unspecified atom stereocenters. The van der Waals surface area contributed by atoms with Crippen molar-refractivity contribution < 1.29 is 49.5 Å². The van der Waals surface area contributed by atoms with E-state index in [9.17, 15) is 44.8 Å². The van der Waals surface area contributed by atoms with Crippen LogP contribution in [-0.2, 0) is 30.4 Å². The van der Waals surface area contributed by atoms with Gasteiger partial charge in [-0.25, -0.2) is 40.1 Å². The predicted molar refractivity (Wildman–Crippen MR) is 230 cm³/mol. The molecule has 0 spiro atoms. The van der Waals surface area contributed by atoms with E-state index in [-0.39, 0.29) is 35.2 Å². The number of halogens is 5. The van der Waals surface area contributed by atoms with Gasteiger partial charge in [-0.1, -0.05) is 60.6 Å². The largest absolute Gasteiger partial charge is 0.480 e. The topological polar surface area (TPSA) is 146 Å². The van der Waals surface area contributed by atoms with Gasteiger partial charge in [0.2, 0.25) is 21.6 Å². The Balaban J connectivity index is 1.75. The molecule has 0 saturated heterocycles. The summed E-state index contributed by atoms with van der Waals surface area (Å²) in [6, 6.07) is 11.0. The lowest BCUT2D eigenvalue weighted by atomic mass is 9.76. The maximum atomic E-state index is 14.6. The number of carbonyl (C=O) groups is 3. The molecule has 4 rings (SSSR count). The highest BCUT2D eigenvalue weighted by Gasteiger charge is 2.33. The molecule has 0 aliphatic heterocycles. The number of aryl methyl sites for hydroxylation is 1. The summed E-state index contributed by atoms with van der Waals surface area (Å²) in [5.74, 6) is -14.9. The molecule has 3 aromatic rings. The molecule has 11 nitrogen and oxygen atoms in total. The first-order valence-corrected chi connectivity index (χ1v) is 22.1. The minimum atomic E-state index is -3.42. The van der Waals surface area contributed by atoms with E-state index in [4.69, 9.17) is 4.74 Å². The van der Waals surface area contributed by atoms with Crippen molar-refractivity contribution in [3.05, 3.63) is 111 Å². The second kappa shape index (κ2) is 19.7. The van der Waals surface area contributed by atoms with Crippen molar-refractivity contribution in [2.24, 2.45) is 4.99 Å². The van der Waals surface area contributed by atoms with E-state index in [2.05, 4.69) is 62.6 Å². The number of benzene rings is 3. The van der Waals surface area contributed by atoms with Crippen molar-refractivity contribution >= 4 is 44.7 Å². The van der Waals surface area contributed by atoms with Crippen LogP contribution in [0.1, 0.15) is 102 Å². The first kappa shape index (κ1) is 49.2. The summed E-state index contributed by atoms with van der Waals surface area (Å²) in [5, 5.41) is 4.65. The molecule has 62 heavy (non-hydrogen) atoms. The second-order valence-electron chi connectivity index (χ2n) is 16.3. The van der Waals surface area contributed by atoms with Gasteiger partial charge >= 0.3 is 0 Å². The van der Waals surface area contributed by atoms with Crippen molar-refractivity contribution in [1.29, 1.82) is 0 Å². The Morgan fingerprint density at radius 3 is 1.98 bits per heavy atom. The standard InChI is InChI=1S/C45H54F5N5O6S/c1-11-34(61-35-18-15-26(44(6,7)12-2)22-28(35)45(8,9)13-3)42(57)53-31-24-33(56)32(54-43(58)36-37(46)39(48)41(50)40(49)38(36)47)23-30(31)52-29-17-16-27(21-25(29)5)55(14-4)20-19-51-62(10,59)60/h15-18,21-24,34,51H,11-14,19-20H2,1-10H3,(H,53,57)(H,54,58). The highest BCUT2D eigenvalue weighted by atomic mass is 32.2. The van der Waals surface area contributed by atoms with Crippen molar-refractivity contribution in [1.82, 2.24) is 15.4 Å². The lowest BCUT2D eigenvalue weighted by Gasteiger charge is -2.31. The van der Waals surface area contributed by atoms with E-state index in [0.717, 1.165) is 48.1 Å². The number of aliphatic imine (C=N–C) groups is 1. The average Bonchev–Trinajstić information content (AvgIpc) is 3.21. The van der Waals surface area contributed by atoms with Crippen molar-refractivity contribution in [3.63, 3.8) is 0 Å². The van der Waals surface area contributed by atoms with Crippen LogP contribution in [0, 0.1) is 36.0 Å². The summed E-state index contributed by atoms with van der Waals surface area (Å²) in [6.45, 7) is 19.0. The number of carbonyl (C=O) groups excluding carboxylic acids is 3. The smallest absolute Gasteiger partial charge is 0.265 e.